The van der Waals surface area contributed by atoms with Gasteiger partial charge in [-0.1, -0.05) is 0 Å². The topological polar surface area (TPSA) is 49.0 Å². The standard InChI is InChI=1S/C15H21NO4/c1-10(17-2)8-18-13-6-15-14(19-9-20-15)5-11(13)7-16-12-3-4-12/h5-6,10,12,16H,3-4,7-9H2,1-2H3. The quantitative estimate of drug-likeness (QED) is 0.828. The van der Waals surface area contributed by atoms with Crippen LogP contribution in [0.5, 0.6) is 17.2 Å². The monoisotopic (exact) mass is 279 g/mol. The summed E-state index contributed by atoms with van der Waals surface area (Å²) in [7, 11) is 1.68. The van der Waals surface area contributed by atoms with E-state index in [4.69, 9.17) is 18.9 Å². The van der Waals surface area contributed by atoms with Gasteiger partial charge in [0, 0.05) is 31.3 Å². The third-order valence-corrected chi connectivity index (χ3v) is 3.59. The van der Waals surface area contributed by atoms with Crippen molar-refractivity contribution in [3.8, 4) is 17.2 Å². The molecule has 0 bridgehead atoms. The van der Waals surface area contributed by atoms with Crippen molar-refractivity contribution in [1.82, 2.24) is 5.32 Å². The van der Waals surface area contributed by atoms with E-state index in [9.17, 15) is 0 Å². The predicted molar refractivity (Wildman–Crippen MR) is 74.4 cm³/mol. The van der Waals surface area contributed by atoms with Gasteiger partial charge in [0.2, 0.25) is 6.79 Å². The molecule has 3 rings (SSSR count). The zero-order chi connectivity index (χ0) is 13.9. The Hall–Kier alpha value is -1.46. The number of fused-ring (bicyclic) bond motifs is 1. The summed E-state index contributed by atoms with van der Waals surface area (Å²) in [6, 6.07) is 4.57. The van der Waals surface area contributed by atoms with Crippen LogP contribution in [0.25, 0.3) is 0 Å². The molecule has 0 amide bonds. The minimum absolute atomic E-state index is 0.0599. The van der Waals surface area contributed by atoms with E-state index < -0.39 is 0 Å². The lowest BCUT2D eigenvalue weighted by molar-refractivity contribution is 0.0712. The predicted octanol–water partition coefficient (Wildman–Crippen LogP) is 2.08. The average Bonchev–Trinajstić information content (AvgIpc) is 3.19. The lowest BCUT2D eigenvalue weighted by Gasteiger charge is -2.15. The molecule has 1 atom stereocenters. The molecular weight excluding hydrogens is 258 g/mol. The molecule has 1 unspecified atom stereocenters. The maximum Gasteiger partial charge on any atom is 0.231 e. The second kappa shape index (κ2) is 5.89. The van der Waals surface area contributed by atoms with E-state index in [0.717, 1.165) is 29.4 Å². The van der Waals surface area contributed by atoms with Gasteiger partial charge in [0.25, 0.3) is 0 Å². The zero-order valence-electron chi connectivity index (χ0n) is 12.0. The summed E-state index contributed by atoms with van der Waals surface area (Å²) in [4.78, 5) is 0. The van der Waals surface area contributed by atoms with Crippen molar-refractivity contribution < 1.29 is 18.9 Å². The minimum Gasteiger partial charge on any atom is -0.490 e. The number of rotatable bonds is 7. The summed E-state index contributed by atoms with van der Waals surface area (Å²) >= 11 is 0. The van der Waals surface area contributed by atoms with Crippen molar-refractivity contribution in [2.45, 2.75) is 38.5 Å². The van der Waals surface area contributed by atoms with Crippen molar-refractivity contribution in [3.63, 3.8) is 0 Å². The Balaban J connectivity index is 1.73. The van der Waals surface area contributed by atoms with Crippen LogP contribution in [0, 0.1) is 0 Å². The number of hydrogen-bond donors (Lipinski definition) is 1. The number of hydrogen-bond acceptors (Lipinski definition) is 5. The average molecular weight is 279 g/mol. The maximum atomic E-state index is 5.87. The second-order valence-electron chi connectivity index (χ2n) is 5.33. The molecule has 1 fully saturated rings. The SMILES string of the molecule is COC(C)COc1cc2c(cc1CNC1CC1)OCO2. The number of ether oxygens (including phenoxy) is 4. The lowest BCUT2D eigenvalue weighted by atomic mass is 10.1. The molecule has 5 heteroatoms. The Bertz CT molecular complexity index is 473. The number of methoxy groups -OCH3 is 1. The van der Waals surface area contributed by atoms with Gasteiger partial charge in [-0.3, -0.25) is 0 Å². The van der Waals surface area contributed by atoms with Crippen molar-refractivity contribution in [1.29, 1.82) is 0 Å². The first-order valence-corrected chi connectivity index (χ1v) is 7.07. The summed E-state index contributed by atoms with van der Waals surface area (Å²) in [5.74, 6) is 2.39. The highest BCUT2D eigenvalue weighted by Crippen LogP contribution is 2.38. The molecule has 0 aromatic heterocycles. The van der Waals surface area contributed by atoms with E-state index in [-0.39, 0.29) is 12.9 Å². The molecule has 1 aromatic rings. The molecule has 1 aliphatic heterocycles. The molecule has 110 valence electrons. The largest absolute Gasteiger partial charge is 0.490 e. The van der Waals surface area contributed by atoms with Crippen LogP contribution in [-0.4, -0.2) is 32.7 Å². The first kappa shape index (κ1) is 13.5. The van der Waals surface area contributed by atoms with E-state index in [1.165, 1.54) is 12.8 Å². The van der Waals surface area contributed by atoms with Crippen LogP contribution >= 0.6 is 0 Å². The smallest absolute Gasteiger partial charge is 0.231 e. The van der Waals surface area contributed by atoms with Crippen LogP contribution in [-0.2, 0) is 11.3 Å². The molecule has 1 saturated carbocycles. The highest BCUT2D eigenvalue weighted by molar-refractivity contribution is 5.51. The van der Waals surface area contributed by atoms with Crippen LogP contribution in [0.1, 0.15) is 25.3 Å². The van der Waals surface area contributed by atoms with Crippen molar-refractivity contribution in [3.05, 3.63) is 17.7 Å². The molecule has 1 heterocycles. The Morgan fingerprint density at radius 3 is 2.75 bits per heavy atom. The normalized spacial score (nSPS) is 18.1. The van der Waals surface area contributed by atoms with Gasteiger partial charge in [0.1, 0.15) is 12.4 Å². The first-order chi connectivity index (χ1) is 9.76. The molecule has 5 nitrogen and oxygen atoms in total. The summed E-state index contributed by atoms with van der Waals surface area (Å²) in [5, 5.41) is 3.50. The fraction of sp³-hybridized carbons (Fsp3) is 0.600. The molecule has 0 saturated heterocycles. The van der Waals surface area contributed by atoms with Gasteiger partial charge in [-0.2, -0.15) is 0 Å². The van der Waals surface area contributed by atoms with E-state index >= 15 is 0 Å². The van der Waals surface area contributed by atoms with Gasteiger partial charge in [-0.05, 0) is 25.8 Å². The van der Waals surface area contributed by atoms with Gasteiger partial charge < -0.3 is 24.3 Å². The van der Waals surface area contributed by atoms with Crippen LogP contribution in [0.15, 0.2) is 12.1 Å². The Morgan fingerprint density at radius 2 is 2.05 bits per heavy atom. The Kier molecular flexibility index (Phi) is 3.98. The minimum atomic E-state index is 0.0599. The lowest BCUT2D eigenvalue weighted by Crippen LogP contribution is -2.19. The second-order valence-corrected chi connectivity index (χ2v) is 5.33. The van der Waals surface area contributed by atoms with Gasteiger partial charge in [-0.25, -0.2) is 0 Å². The summed E-state index contributed by atoms with van der Waals surface area (Å²) in [6.07, 6.45) is 2.59. The Morgan fingerprint density at radius 1 is 1.30 bits per heavy atom. The van der Waals surface area contributed by atoms with Gasteiger partial charge in [0.05, 0.1) is 6.10 Å². The van der Waals surface area contributed by atoms with Crippen LogP contribution < -0.4 is 19.5 Å². The Labute approximate surface area is 119 Å². The van der Waals surface area contributed by atoms with E-state index in [1.807, 2.05) is 19.1 Å². The highest BCUT2D eigenvalue weighted by atomic mass is 16.7. The molecule has 20 heavy (non-hydrogen) atoms. The van der Waals surface area contributed by atoms with Gasteiger partial charge in [-0.15, -0.1) is 0 Å². The molecular formula is C15H21NO4. The van der Waals surface area contributed by atoms with Crippen LogP contribution in [0.2, 0.25) is 0 Å². The summed E-state index contributed by atoms with van der Waals surface area (Å²) < 4.78 is 21.9. The highest BCUT2D eigenvalue weighted by Gasteiger charge is 2.23. The first-order valence-electron chi connectivity index (χ1n) is 7.07. The summed E-state index contributed by atoms with van der Waals surface area (Å²) in [5.41, 5.74) is 1.10. The van der Waals surface area contributed by atoms with Crippen molar-refractivity contribution in [2.75, 3.05) is 20.5 Å². The van der Waals surface area contributed by atoms with Gasteiger partial charge >= 0.3 is 0 Å². The number of benzene rings is 1. The third-order valence-electron chi connectivity index (χ3n) is 3.59. The molecule has 1 aromatic carbocycles. The van der Waals surface area contributed by atoms with Crippen LogP contribution in [0.3, 0.4) is 0 Å². The molecule has 2 aliphatic rings. The van der Waals surface area contributed by atoms with Crippen molar-refractivity contribution >= 4 is 0 Å². The fourth-order valence-electron chi connectivity index (χ4n) is 2.05. The molecule has 0 spiro atoms. The summed E-state index contributed by atoms with van der Waals surface area (Å²) in [6.45, 7) is 3.57. The molecule has 0 radical (unpaired) electrons. The molecule has 1 N–H and O–H groups in total. The van der Waals surface area contributed by atoms with Crippen molar-refractivity contribution in [2.24, 2.45) is 0 Å². The third kappa shape index (κ3) is 3.16. The van der Waals surface area contributed by atoms with E-state index in [2.05, 4.69) is 5.32 Å². The number of nitrogens with one attached hydrogen (secondary N) is 1. The maximum absolute atomic E-state index is 5.87. The van der Waals surface area contributed by atoms with E-state index in [0.29, 0.717) is 12.6 Å². The van der Waals surface area contributed by atoms with E-state index in [1.54, 1.807) is 7.11 Å². The van der Waals surface area contributed by atoms with Gasteiger partial charge in [0.15, 0.2) is 11.5 Å². The fourth-order valence-corrected chi connectivity index (χ4v) is 2.05. The zero-order valence-corrected chi connectivity index (χ0v) is 12.0. The van der Waals surface area contributed by atoms with Crippen LogP contribution in [0.4, 0.5) is 0 Å². The molecule has 1 aliphatic carbocycles.